The van der Waals surface area contributed by atoms with E-state index in [2.05, 4.69) is 8.95 Å². The van der Waals surface area contributed by atoms with Crippen LogP contribution >= 0.6 is 12.0 Å². The molecule has 0 saturated heterocycles. The standard InChI is InChI=1S/C4H11NO4S2/c1-5-3-2-4-10-9-11(6,7)8/h5H,2-4H2,1H3,(H,6,7,8). The molecule has 0 aliphatic carbocycles. The molecule has 0 aromatic heterocycles. The third kappa shape index (κ3) is 10.2. The summed E-state index contributed by atoms with van der Waals surface area (Å²) in [6, 6.07) is 0. The number of hydrogen-bond acceptors (Lipinski definition) is 5. The van der Waals surface area contributed by atoms with Crippen LogP contribution in [0.2, 0.25) is 0 Å². The summed E-state index contributed by atoms with van der Waals surface area (Å²) in [6.07, 6.45) is 0.788. The van der Waals surface area contributed by atoms with Crippen LogP contribution in [0.3, 0.4) is 0 Å². The SMILES string of the molecule is CNCCCSOS(=O)(=O)O. The summed E-state index contributed by atoms with van der Waals surface area (Å²) in [5, 5.41) is 2.88. The summed E-state index contributed by atoms with van der Waals surface area (Å²) < 4.78 is 32.0. The van der Waals surface area contributed by atoms with Gasteiger partial charge in [0.25, 0.3) is 0 Å². The van der Waals surface area contributed by atoms with Gasteiger partial charge in [-0.25, -0.2) is 0 Å². The van der Waals surface area contributed by atoms with Crippen molar-refractivity contribution in [1.29, 1.82) is 0 Å². The Morgan fingerprint density at radius 3 is 2.73 bits per heavy atom. The second kappa shape index (κ2) is 5.78. The fourth-order valence-electron chi connectivity index (χ4n) is 0.403. The molecule has 68 valence electrons. The predicted molar refractivity (Wildman–Crippen MR) is 43.6 cm³/mol. The van der Waals surface area contributed by atoms with Crippen LogP contribution in [-0.2, 0) is 14.0 Å². The maximum absolute atomic E-state index is 9.96. The third-order valence-corrected chi connectivity index (χ3v) is 2.32. The highest BCUT2D eigenvalue weighted by atomic mass is 32.3. The first kappa shape index (κ1) is 11.2. The fourth-order valence-corrected chi connectivity index (χ4v) is 1.42. The van der Waals surface area contributed by atoms with Gasteiger partial charge in [0.05, 0.1) is 0 Å². The Kier molecular flexibility index (Phi) is 5.88. The van der Waals surface area contributed by atoms with Gasteiger partial charge in [0.15, 0.2) is 0 Å². The first-order valence-corrected chi connectivity index (χ1v) is 5.27. The largest absolute Gasteiger partial charge is 0.408 e. The summed E-state index contributed by atoms with van der Waals surface area (Å²) in [5.41, 5.74) is 0. The maximum Gasteiger partial charge on any atom is 0.408 e. The number of hydrogen-bond donors (Lipinski definition) is 2. The van der Waals surface area contributed by atoms with Gasteiger partial charge < -0.3 is 5.32 Å². The van der Waals surface area contributed by atoms with E-state index in [1.165, 1.54) is 0 Å². The monoisotopic (exact) mass is 201 g/mol. The third-order valence-electron chi connectivity index (χ3n) is 0.789. The summed E-state index contributed by atoms with van der Waals surface area (Å²) >= 11 is 0.722. The van der Waals surface area contributed by atoms with Crippen LogP contribution in [0.5, 0.6) is 0 Å². The molecule has 11 heavy (non-hydrogen) atoms. The van der Waals surface area contributed by atoms with Crippen LogP contribution < -0.4 is 5.32 Å². The molecule has 5 nitrogen and oxygen atoms in total. The molecular formula is C4H11NO4S2. The van der Waals surface area contributed by atoms with Crippen molar-refractivity contribution < 1.29 is 16.6 Å². The van der Waals surface area contributed by atoms with Gasteiger partial charge >= 0.3 is 10.4 Å². The Labute approximate surface area is 70.7 Å². The molecule has 0 fully saturated rings. The van der Waals surface area contributed by atoms with Crippen LogP contribution in [0.4, 0.5) is 0 Å². The van der Waals surface area contributed by atoms with Crippen molar-refractivity contribution in [3.05, 3.63) is 0 Å². The highest BCUT2D eigenvalue weighted by molar-refractivity contribution is 8.02. The minimum Gasteiger partial charge on any atom is -0.320 e. The van der Waals surface area contributed by atoms with E-state index in [0.717, 1.165) is 25.0 Å². The molecular weight excluding hydrogens is 190 g/mol. The smallest absolute Gasteiger partial charge is 0.320 e. The van der Waals surface area contributed by atoms with Crippen LogP contribution in [0.25, 0.3) is 0 Å². The molecule has 0 bridgehead atoms. The van der Waals surface area contributed by atoms with Crippen molar-refractivity contribution in [2.75, 3.05) is 19.3 Å². The Morgan fingerprint density at radius 2 is 2.27 bits per heavy atom. The van der Waals surface area contributed by atoms with Crippen LogP contribution in [-0.4, -0.2) is 32.3 Å². The lowest BCUT2D eigenvalue weighted by molar-refractivity contribution is 0.407. The van der Waals surface area contributed by atoms with Gasteiger partial charge in [-0.3, -0.25) is 4.55 Å². The van der Waals surface area contributed by atoms with Gasteiger partial charge in [-0.05, 0) is 20.0 Å². The van der Waals surface area contributed by atoms with E-state index in [4.69, 9.17) is 4.55 Å². The van der Waals surface area contributed by atoms with Gasteiger partial charge in [-0.2, -0.15) is 12.0 Å². The highest BCUT2D eigenvalue weighted by Crippen LogP contribution is 2.07. The zero-order valence-electron chi connectivity index (χ0n) is 6.11. The summed E-state index contributed by atoms with van der Waals surface area (Å²) in [5.74, 6) is 0.528. The van der Waals surface area contributed by atoms with Gasteiger partial charge in [0, 0.05) is 17.8 Å². The van der Waals surface area contributed by atoms with Gasteiger partial charge in [0.1, 0.15) is 0 Å². The minimum atomic E-state index is -4.27. The topological polar surface area (TPSA) is 75.6 Å². The lowest BCUT2D eigenvalue weighted by Crippen LogP contribution is -2.08. The maximum atomic E-state index is 9.96. The van der Waals surface area contributed by atoms with E-state index in [1.807, 2.05) is 0 Å². The molecule has 7 heteroatoms. The van der Waals surface area contributed by atoms with Crippen LogP contribution in [0, 0.1) is 0 Å². The molecule has 0 aliphatic heterocycles. The molecule has 2 N–H and O–H groups in total. The van der Waals surface area contributed by atoms with Crippen molar-refractivity contribution in [1.82, 2.24) is 5.32 Å². The molecule has 0 aliphatic rings. The van der Waals surface area contributed by atoms with E-state index in [9.17, 15) is 8.42 Å². The van der Waals surface area contributed by atoms with Crippen molar-refractivity contribution >= 4 is 22.4 Å². The van der Waals surface area contributed by atoms with Gasteiger partial charge in [-0.1, -0.05) is 0 Å². The average Bonchev–Trinajstić information content (AvgIpc) is 1.85. The quantitative estimate of drug-likeness (QED) is 0.359. The summed E-state index contributed by atoms with van der Waals surface area (Å²) in [6.45, 7) is 0.793. The average molecular weight is 201 g/mol. The second-order valence-corrected chi connectivity index (χ2v) is 3.82. The first-order valence-electron chi connectivity index (χ1n) is 2.99. The molecule has 0 heterocycles. The predicted octanol–water partition coefficient (Wildman–Crippen LogP) is 0.0635. The minimum absolute atomic E-state index is 0.528. The molecule has 0 saturated carbocycles. The molecule has 0 aromatic carbocycles. The van der Waals surface area contributed by atoms with Gasteiger partial charge in [0.2, 0.25) is 0 Å². The second-order valence-electron chi connectivity index (χ2n) is 1.77. The Balaban J connectivity index is 3.16. The molecule has 0 aromatic rings. The van der Waals surface area contributed by atoms with E-state index in [1.54, 1.807) is 7.05 Å². The molecule has 0 amide bonds. The normalized spacial score (nSPS) is 11.8. The van der Waals surface area contributed by atoms with E-state index in [0.29, 0.717) is 5.75 Å². The Hall–Kier alpha value is 0.180. The molecule has 0 rings (SSSR count). The molecule has 0 unspecified atom stereocenters. The first-order chi connectivity index (χ1) is 5.06. The summed E-state index contributed by atoms with van der Waals surface area (Å²) in [7, 11) is -2.47. The van der Waals surface area contributed by atoms with Crippen LogP contribution in [0.15, 0.2) is 0 Å². The molecule has 0 radical (unpaired) electrons. The van der Waals surface area contributed by atoms with E-state index >= 15 is 0 Å². The zero-order valence-corrected chi connectivity index (χ0v) is 7.74. The Morgan fingerprint density at radius 1 is 1.64 bits per heavy atom. The van der Waals surface area contributed by atoms with Crippen molar-refractivity contribution in [2.24, 2.45) is 0 Å². The van der Waals surface area contributed by atoms with Crippen LogP contribution in [0.1, 0.15) is 6.42 Å². The van der Waals surface area contributed by atoms with E-state index in [-0.39, 0.29) is 0 Å². The van der Waals surface area contributed by atoms with Crippen molar-refractivity contribution in [2.45, 2.75) is 6.42 Å². The lowest BCUT2D eigenvalue weighted by atomic mass is 10.5. The number of nitrogens with one attached hydrogen (secondary N) is 1. The van der Waals surface area contributed by atoms with Crippen molar-refractivity contribution in [3.63, 3.8) is 0 Å². The fraction of sp³-hybridized carbons (Fsp3) is 1.00. The Bertz CT molecular complexity index is 179. The lowest BCUT2D eigenvalue weighted by Gasteiger charge is -1.97. The van der Waals surface area contributed by atoms with Gasteiger partial charge in [-0.15, -0.1) is 0 Å². The zero-order chi connectivity index (χ0) is 8.74. The highest BCUT2D eigenvalue weighted by Gasteiger charge is 2.03. The van der Waals surface area contributed by atoms with Crippen molar-refractivity contribution in [3.8, 4) is 0 Å². The summed E-state index contributed by atoms with van der Waals surface area (Å²) in [4.78, 5) is 0. The molecule has 0 atom stereocenters. The van der Waals surface area contributed by atoms with E-state index < -0.39 is 10.4 Å². The molecule has 0 spiro atoms. The number of rotatable bonds is 6.